The van der Waals surface area contributed by atoms with Gasteiger partial charge in [0, 0.05) is 30.8 Å². The van der Waals surface area contributed by atoms with Crippen LogP contribution in [0.1, 0.15) is 102 Å². The van der Waals surface area contributed by atoms with Crippen LogP contribution in [0.4, 0.5) is 0 Å². The molecule has 2 rings (SSSR count). The first-order valence-corrected chi connectivity index (χ1v) is 14.3. The topological polar surface area (TPSA) is 37.4 Å². The van der Waals surface area contributed by atoms with Gasteiger partial charge in [0.1, 0.15) is 4.71 Å². The molecule has 0 radical (unpaired) electrons. The molecule has 1 aliphatic carbocycles. The number of hydrogen-bond donors (Lipinski definition) is 0. The molecule has 1 aliphatic rings. The molecule has 1 fully saturated rings. The van der Waals surface area contributed by atoms with Crippen LogP contribution in [0.25, 0.3) is 0 Å². The van der Waals surface area contributed by atoms with Crippen LogP contribution in [0.15, 0.2) is 29.2 Å². The van der Waals surface area contributed by atoms with Crippen molar-refractivity contribution >= 4 is 28.3 Å². The van der Waals surface area contributed by atoms with E-state index in [0.717, 1.165) is 36.1 Å². The predicted octanol–water partition coefficient (Wildman–Crippen LogP) is 7.61. The van der Waals surface area contributed by atoms with E-state index in [1.54, 1.807) is 4.90 Å². The Morgan fingerprint density at radius 2 is 1.28 bits per heavy atom. The summed E-state index contributed by atoms with van der Waals surface area (Å²) in [5, 5.41) is 0. The van der Waals surface area contributed by atoms with E-state index in [1.807, 2.05) is 45.3 Å². The standard InChI is InChI=1S/C27H44ClNO2S/c1-23-16-18-24(19-17-23)32(31)26(28)27(22-25(30)29(2)3)20-14-12-10-8-6-4-5-7-9-11-13-15-21-27/h16-19,26H,4-15,20-22H2,1-3H3. The van der Waals surface area contributed by atoms with E-state index in [-0.39, 0.29) is 5.91 Å². The summed E-state index contributed by atoms with van der Waals surface area (Å²) in [6.45, 7) is 2.03. The first-order chi connectivity index (χ1) is 15.4. The Morgan fingerprint density at radius 3 is 1.69 bits per heavy atom. The van der Waals surface area contributed by atoms with E-state index < -0.39 is 20.9 Å². The largest absolute Gasteiger partial charge is 0.349 e. The Kier molecular flexibility index (Phi) is 12.3. The molecule has 3 nitrogen and oxygen atoms in total. The fourth-order valence-electron chi connectivity index (χ4n) is 4.81. The fraction of sp³-hybridized carbons (Fsp3) is 0.741. The maximum Gasteiger partial charge on any atom is 0.222 e. The minimum Gasteiger partial charge on any atom is -0.349 e. The zero-order valence-electron chi connectivity index (χ0n) is 20.5. The third-order valence-corrected chi connectivity index (χ3v) is 9.59. The van der Waals surface area contributed by atoms with Crippen molar-refractivity contribution < 1.29 is 9.00 Å². The molecule has 0 bridgehead atoms. The molecule has 2 unspecified atom stereocenters. The van der Waals surface area contributed by atoms with Gasteiger partial charge in [-0.1, -0.05) is 94.7 Å². The highest BCUT2D eigenvalue weighted by atomic mass is 35.5. The maximum atomic E-state index is 13.6. The maximum absolute atomic E-state index is 13.6. The van der Waals surface area contributed by atoms with Crippen molar-refractivity contribution in [2.24, 2.45) is 5.41 Å². The summed E-state index contributed by atoms with van der Waals surface area (Å²) in [6, 6.07) is 7.83. The number of carbonyl (C=O) groups excluding carboxylic acids is 1. The molecule has 0 saturated heterocycles. The molecule has 1 aromatic rings. The van der Waals surface area contributed by atoms with Gasteiger partial charge in [0.25, 0.3) is 0 Å². The Balaban J connectivity index is 2.27. The zero-order chi connectivity index (χ0) is 23.4. The first kappa shape index (κ1) is 27.4. The molecule has 0 aliphatic heterocycles. The minimum atomic E-state index is -1.35. The lowest BCUT2D eigenvalue weighted by Crippen LogP contribution is -2.40. The van der Waals surface area contributed by atoms with E-state index in [1.165, 1.54) is 64.2 Å². The molecule has 32 heavy (non-hydrogen) atoms. The van der Waals surface area contributed by atoms with Gasteiger partial charge in [0.2, 0.25) is 5.91 Å². The number of nitrogens with zero attached hydrogens (tertiary/aromatic N) is 1. The summed E-state index contributed by atoms with van der Waals surface area (Å²) in [6.07, 6.45) is 17.0. The number of alkyl halides is 1. The molecular formula is C27H44ClNO2S. The average molecular weight is 482 g/mol. The normalized spacial score (nSPS) is 21.0. The highest BCUT2D eigenvalue weighted by Gasteiger charge is 2.42. The van der Waals surface area contributed by atoms with Gasteiger partial charge in [0.15, 0.2) is 0 Å². The fourth-order valence-corrected chi connectivity index (χ4v) is 6.83. The van der Waals surface area contributed by atoms with Gasteiger partial charge in [0.05, 0.1) is 10.8 Å². The summed E-state index contributed by atoms with van der Waals surface area (Å²) < 4.78 is 13.0. The van der Waals surface area contributed by atoms with Gasteiger partial charge in [-0.15, -0.1) is 11.6 Å². The summed E-state index contributed by atoms with van der Waals surface area (Å²) >= 11 is 7.10. The lowest BCUT2D eigenvalue weighted by molar-refractivity contribution is -0.131. The van der Waals surface area contributed by atoms with E-state index in [2.05, 4.69) is 0 Å². The van der Waals surface area contributed by atoms with Crippen molar-refractivity contribution in [3.05, 3.63) is 29.8 Å². The lowest BCUT2D eigenvalue weighted by Gasteiger charge is -2.38. The van der Waals surface area contributed by atoms with Crippen LogP contribution >= 0.6 is 11.6 Å². The van der Waals surface area contributed by atoms with Crippen LogP contribution in [-0.4, -0.2) is 33.8 Å². The number of hydrogen-bond acceptors (Lipinski definition) is 2. The van der Waals surface area contributed by atoms with E-state index in [9.17, 15) is 9.00 Å². The van der Waals surface area contributed by atoms with Crippen molar-refractivity contribution in [2.75, 3.05) is 14.1 Å². The van der Waals surface area contributed by atoms with E-state index >= 15 is 0 Å². The minimum absolute atomic E-state index is 0.0921. The Morgan fingerprint density at radius 1 is 0.875 bits per heavy atom. The summed E-state index contributed by atoms with van der Waals surface area (Å²) in [7, 11) is 2.27. The molecule has 1 saturated carbocycles. The van der Waals surface area contributed by atoms with Crippen molar-refractivity contribution in [3.63, 3.8) is 0 Å². The number of halogens is 1. The van der Waals surface area contributed by atoms with Crippen LogP contribution in [0.5, 0.6) is 0 Å². The smallest absolute Gasteiger partial charge is 0.222 e. The lowest BCUT2D eigenvalue weighted by atomic mass is 9.76. The molecule has 0 N–H and O–H groups in total. The Labute approximate surface area is 204 Å². The second-order valence-electron chi connectivity index (χ2n) is 10.00. The molecule has 0 heterocycles. The van der Waals surface area contributed by atoms with Crippen LogP contribution in [0.2, 0.25) is 0 Å². The molecular weight excluding hydrogens is 438 g/mol. The Bertz CT molecular complexity index is 688. The van der Waals surface area contributed by atoms with Gasteiger partial charge in [-0.25, -0.2) is 0 Å². The van der Waals surface area contributed by atoms with Crippen molar-refractivity contribution in [1.82, 2.24) is 4.90 Å². The number of carbonyl (C=O) groups is 1. The van der Waals surface area contributed by atoms with E-state index in [4.69, 9.17) is 11.6 Å². The van der Waals surface area contributed by atoms with Gasteiger partial charge in [-0.05, 0) is 31.9 Å². The number of benzene rings is 1. The summed E-state index contributed by atoms with van der Waals surface area (Å²) in [5.74, 6) is 0.0921. The molecule has 0 aromatic heterocycles. The molecule has 2 atom stereocenters. The Hall–Kier alpha value is -0.870. The monoisotopic (exact) mass is 481 g/mol. The van der Waals surface area contributed by atoms with Crippen molar-refractivity contribution in [1.29, 1.82) is 0 Å². The zero-order valence-corrected chi connectivity index (χ0v) is 22.1. The third-order valence-electron chi connectivity index (χ3n) is 7.02. The van der Waals surface area contributed by atoms with Crippen LogP contribution in [0, 0.1) is 12.3 Å². The number of amides is 1. The molecule has 0 spiro atoms. The number of rotatable bonds is 5. The molecule has 1 amide bonds. The highest BCUT2D eigenvalue weighted by Crippen LogP contribution is 2.44. The van der Waals surface area contributed by atoms with Crippen LogP contribution in [0.3, 0.4) is 0 Å². The third kappa shape index (κ3) is 8.82. The van der Waals surface area contributed by atoms with E-state index in [0.29, 0.717) is 6.42 Å². The highest BCUT2D eigenvalue weighted by molar-refractivity contribution is 7.87. The molecule has 5 heteroatoms. The second-order valence-corrected chi connectivity index (χ2v) is 12.2. The average Bonchev–Trinajstić information content (AvgIpc) is 2.78. The van der Waals surface area contributed by atoms with Crippen molar-refractivity contribution in [2.45, 2.75) is 113 Å². The second kappa shape index (κ2) is 14.4. The van der Waals surface area contributed by atoms with Crippen molar-refractivity contribution in [3.8, 4) is 0 Å². The first-order valence-electron chi connectivity index (χ1n) is 12.7. The number of aryl methyl sites for hydroxylation is 1. The van der Waals surface area contributed by atoms with Gasteiger partial charge in [-0.3, -0.25) is 9.00 Å². The van der Waals surface area contributed by atoms with Gasteiger partial charge < -0.3 is 4.90 Å². The SMILES string of the molecule is Cc1ccc(S(=O)C(Cl)C2(CC(=O)N(C)C)CCCCCCCCCCCCCC2)cc1. The van der Waals surface area contributed by atoms with Crippen LogP contribution in [-0.2, 0) is 15.6 Å². The molecule has 182 valence electrons. The van der Waals surface area contributed by atoms with Crippen LogP contribution < -0.4 is 0 Å². The van der Waals surface area contributed by atoms with Gasteiger partial charge >= 0.3 is 0 Å². The van der Waals surface area contributed by atoms with Gasteiger partial charge in [-0.2, -0.15) is 0 Å². The quantitative estimate of drug-likeness (QED) is 0.406. The molecule has 1 aromatic carbocycles. The predicted molar refractivity (Wildman–Crippen MR) is 138 cm³/mol. The summed E-state index contributed by atoms with van der Waals surface area (Å²) in [5.41, 5.74) is 0.710. The summed E-state index contributed by atoms with van der Waals surface area (Å²) in [4.78, 5) is 15.3.